The van der Waals surface area contributed by atoms with Gasteiger partial charge < -0.3 is 0 Å². The lowest BCUT2D eigenvalue weighted by Gasteiger charge is -2.34. The van der Waals surface area contributed by atoms with Crippen molar-refractivity contribution < 1.29 is 0 Å². The van der Waals surface area contributed by atoms with Gasteiger partial charge in [0, 0.05) is 16.5 Å². The Morgan fingerprint density at radius 2 is 0.793 bits per heavy atom. The quantitative estimate of drug-likeness (QED) is 0.165. The summed E-state index contributed by atoms with van der Waals surface area (Å²) in [4.78, 5) is 5.55. The van der Waals surface area contributed by atoms with Crippen LogP contribution in [-0.2, 0) is 10.8 Å². The summed E-state index contributed by atoms with van der Waals surface area (Å²) in [5, 5.41) is 0. The first-order valence-corrected chi connectivity index (χ1v) is 20.3. The van der Waals surface area contributed by atoms with Gasteiger partial charge in [-0.15, -0.1) is 0 Å². The number of rotatable bonds is 6. The van der Waals surface area contributed by atoms with Gasteiger partial charge in [0.25, 0.3) is 0 Å². The van der Waals surface area contributed by atoms with Crippen LogP contribution < -0.4 is 0 Å². The van der Waals surface area contributed by atoms with Crippen molar-refractivity contribution in [2.75, 3.05) is 0 Å². The summed E-state index contributed by atoms with van der Waals surface area (Å²) in [6.07, 6.45) is 0. The van der Waals surface area contributed by atoms with Crippen LogP contribution in [0.4, 0.5) is 0 Å². The smallest absolute Gasteiger partial charge is 0.0722 e. The first kappa shape index (κ1) is 34.2. The van der Waals surface area contributed by atoms with Gasteiger partial charge in [0.1, 0.15) is 0 Å². The van der Waals surface area contributed by atoms with E-state index in [4.69, 9.17) is 4.98 Å². The Bertz CT molecular complexity index is 2900. The molecule has 1 aromatic heterocycles. The summed E-state index contributed by atoms with van der Waals surface area (Å²) in [7, 11) is 0. The molecule has 8 aromatic carbocycles. The van der Waals surface area contributed by atoms with Crippen LogP contribution >= 0.6 is 0 Å². The first-order valence-electron chi connectivity index (χ1n) is 20.3. The van der Waals surface area contributed by atoms with Crippen LogP contribution in [-0.4, -0.2) is 4.98 Å². The zero-order chi connectivity index (χ0) is 38.8. The topological polar surface area (TPSA) is 12.9 Å². The van der Waals surface area contributed by atoms with Gasteiger partial charge in [-0.1, -0.05) is 196 Å². The van der Waals surface area contributed by atoms with Crippen LogP contribution in [0.25, 0.3) is 67.0 Å². The van der Waals surface area contributed by atoms with E-state index in [0.29, 0.717) is 0 Å². The van der Waals surface area contributed by atoms with Gasteiger partial charge in [-0.2, -0.15) is 0 Å². The number of nitrogens with zero attached hydrogens (tertiary/aromatic N) is 1. The van der Waals surface area contributed by atoms with Gasteiger partial charge in [-0.3, -0.25) is 0 Å². The number of hydrogen-bond acceptors (Lipinski definition) is 1. The van der Waals surface area contributed by atoms with E-state index in [0.717, 1.165) is 28.1 Å². The highest BCUT2D eigenvalue weighted by molar-refractivity contribution is 5.96. The van der Waals surface area contributed by atoms with E-state index in [9.17, 15) is 0 Å². The average Bonchev–Trinajstić information content (AvgIpc) is 3.72. The molecular formula is C57H41N. The zero-order valence-corrected chi connectivity index (χ0v) is 32.7. The molecule has 274 valence electrons. The lowest BCUT2D eigenvalue weighted by molar-refractivity contribution is 0.660. The summed E-state index contributed by atoms with van der Waals surface area (Å²) < 4.78 is 0. The second kappa shape index (κ2) is 13.3. The molecule has 0 aliphatic heterocycles. The van der Waals surface area contributed by atoms with Crippen molar-refractivity contribution in [3.05, 3.63) is 246 Å². The highest BCUT2D eigenvalue weighted by atomic mass is 14.7. The van der Waals surface area contributed by atoms with Crippen LogP contribution in [0.2, 0.25) is 0 Å². The maximum Gasteiger partial charge on any atom is 0.0722 e. The Kier molecular flexibility index (Phi) is 7.81. The highest BCUT2D eigenvalue weighted by Gasteiger charge is 2.46. The van der Waals surface area contributed by atoms with Crippen LogP contribution in [0.15, 0.2) is 212 Å². The predicted molar refractivity (Wildman–Crippen MR) is 241 cm³/mol. The van der Waals surface area contributed by atoms with E-state index >= 15 is 0 Å². The molecule has 11 rings (SSSR count). The lowest BCUT2D eigenvalue weighted by Crippen LogP contribution is -2.28. The molecule has 9 aromatic rings. The van der Waals surface area contributed by atoms with Gasteiger partial charge in [0.2, 0.25) is 0 Å². The van der Waals surface area contributed by atoms with Crippen molar-refractivity contribution in [2.45, 2.75) is 24.7 Å². The standard InChI is InChI=1S/C57H41N/c1-56(2)50-29-17-15-27-44(50)47-33-40(31-32-51(47)56)46-37-53-48(45-28-16-18-30-52(45)57(53,42-23-11-5-12-24-42)43-25-13-6-14-26-43)36-49(46)55-35-41(38-19-7-3-8-20-38)34-54(58-55)39-21-9-4-10-22-39/h3-37H,1-2H3. The number of aromatic nitrogens is 1. The van der Waals surface area contributed by atoms with Crippen molar-refractivity contribution in [3.63, 3.8) is 0 Å². The second-order valence-electron chi connectivity index (χ2n) is 16.3. The molecule has 0 spiro atoms. The molecule has 1 heterocycles. The summed E-state index contributed by atoms with van der Waals surface area (Å²) in [5.74, 6) is 0. The molecule has 0 saturated heterocycles. The normalized spacial score (nSPS) is 14.0. The van der Waals surface area contributed by atoms with Crippen molar-refractivity contribution in [3.8, 4) is 67.0 Å². The predicted octanol–water partition coefficient (Wildman–Crippen LogP) is 14.4. The maximum absolute atomic E-state index is 5.55. The molecule has 0 saturated carbocycles. The van der Waals surface area contributed by atoms with Crippen molar-refractivity contribution >= 4 is 0 Å². The molecule has 0 fully saturated rings. The third kappa shape index (κ3) is 5.13. The third-order valence-electron chi connectivity index (χ3n) is 12.8. The van der Waals surface area contributed by atoms with Crippen LogP contribution in [0.1, 0.15) is 47.2 Å². The summed E-state index contributed by atoms with van der Waals surface area (Å²) >= 11 is 0. The van der Waals surface area contributed by atoms with Crippen molar-refractivity contribution in [1.82, 2.24) is 4.98 Å². The Balaban J connectivity index is 1.26. The number of hydrogen-bond donors (Lipinski definition) is 0. The van der Waals surface area contributed by atoms with Gasteiger partial charge in [-0.25, -0.2) is 4.98 Å². The van der Waals surface area contributed by atoms with E-state index in [-0.39, 0.29) is 5.41 Å². The summed E-state index contributed by atoms with van der Waals surface area (Å²) in [6.45, 7) is 4.71. The number of benzene rings is 8. The van der Waals surface area contributed by atoms with E-state index in [1.165, 1.54) is 72.3 Å². The average molecular weight is 740 g/mol. The molecule has 1 nitrogen and oxygen atoms in total. The Morgan fingerprint density at radius 3 is 1.45 bits per heavy atom. The van der Waals surface area contributed by atoms with Crippen LogP contribution in [0.5, 0.6) is 0 Å². The molecule has 58 heavy (non-hydrogen) atoms. The zero-order valence-electron chi connectivity index (χ0n) is 32.7. The molecule has 0 atom stereocenters. The van der Waals surface area contributed by atoms with Crippen LogP contribution in [0, 0.1) is 0 Å². The fourth-order valence-electron chi connectivity index (χ4n) is 10.0. The molecule has 0 radical (unpaired) electrons. The van der Waals surface area contributed by atoms with Gasteiger partial charge in [-0.05, 0) is 108 Å². The first-order chi connectivity index (χ1) is 28.5. The molecule has 0 bridgehead atoms. The SMILES string of the molecule is CC1(C)c2ccccc2-c2cc(-c3cc4c(cc3-c3cc(-c5ccccc5)cc(-c5ccccc5)n3)-c3ccccc3C4(c3ccccc3)c3ccccc3)ccc21. The van der Waals surface area contributed by atoms with E-state index in [1.807, 2.05) is 0 Å². The summed E-state index contributed by atoms with van der Waals surface area (Å²) in [5.41, 5.74) is 21.1. The summed E-state index contributed by atoms with van der Waals surface area (Å²) in [6, 6.07) is 78.1. The molecule has 2 aliphatic rings. The fraction of sp³-hybridized carbons (Fsp3) is 0.0702. The molecule has 2 aliphatic carbocycles. The minimum atomic E-state index is -0.526. The Labute approximate surface area is 341 Å². The highest BCUT2D eigenvalue weighted by Crippen LogP contribution is 2.58. The van der Waals surface area contributed by atoms with E-state index < -0.39 is 5.41 Å². The Hall–Kier alpha value is -7.09. The molecule has 1 heteroatoms. The number of pyridine rings is 1. The van der Waals surface area contributed by atoms with Gasteiger partial charge >= 0.3 is 0 Å². The molecule has 0 unspecified atom stereocenters. The number of fused-ring (bicyclic) bond motifs is 6. The van der Waals surface area contributed by atoms with Crippen LogP contribution in [0.3, 0.4) is 0 Å². The Morgan fingerprint density at radius 1 is 0.293 bits per heavy atom. The van der Waals surface area contributed by atoms with Gasteiger partial charge in [0.05, 0.1) is 16.8 Å². The second-order valence-corrected chi connectivity index (χ2v) is 16.3. The largest absolute Gasteiger partial charge is 0.248 e. The van der Waals surface area contributed by atoms with E-state index in [2.05, 4.69) is 226 Å². The van der Waals surface area contributed by atoms with Gasteiger partial charge in [0.15, 0.2) is 0 Å². The maximum atomic E-state index is 5.55. The molecule has 0 N–H and O–H groups in total. The molecule has 0 amide bonds. The van der Waals surface area contributed by atoms with E-state index in [1.54, 1.807) is 0 Å². The van der Waals surface area contributed by atoms with Crippen molar-refractivity contribution in [1.29, 1.82) is 0 Å². The minimum Gasteiger partial charge on any atom is -0.248 e. The fourth-order valence-corrected chi connectivity index (χ4v) is 10.0. The monoisotopic (exact) mass is 739 g/mol. The van der Waals surface area contributed by atoms with Crippen molar-refractivity contribution in [2.24, 2.45) is 0 Å². The molecular weight excluding hydrogens is 699 g/mol. The minimum absolute atomic E-state index is 0.0845. The third-order valence-corrected chi connectivity index (χ3v) is 12.8. The lowest BCUT2D eigenvalue weighted by atomic mass is 9.67.